The summed E-state index contributed by atoms with van der Waals surface area (Å²) in [5.74, 6) is 1.35. The molecule has 1 unspecified atom stereocenters. The van der Waals surface area contributed by atoms with Crippen molar-refractivity contribution in [2.45, 2.75) is 39.3 Å². The number of carbonyl (C=O) groups excluding carboxylic acids is 2. The van der Waals surface area contributed by atoms with Gasteiger partial charge in [-0.05, 0) is 43.2 Å². The van der Waals surface area contributed by atoms with Crippen LogP contribution < -0.4 is 10.1 Å². The molecule has 1 heterocycles. The molecule has 0 radical (unpaired) electrons. The molecule has 2 aromatic carbocycles. The van der Waals surface area contributed by atoms with Gasteiger partial charge >= 0.3 is 12.1 Å². The lowest BCUT2D eigenvalue weighted by atomic mass is 10.2. The SMILES string of the molecule is CCC(Oc1cccc(CNC(=O)OCCc2nc(-c3ccccc3)oc2C)c1)C(=O)OC. The van der Waals surface area contributed by atoms with E-state index < -0.39 is 18.2 Å². The number of hydrogen-bond donors (Lipinski definition) is 1. The van der Waals surface area contributed by atoms with E-state index in [1.807, 2.05) is 50.2 Å². The third kappa shape index (κ3) is 6.83. The topological polar surface area (TPSA) is 99.9 Å². The summed E-state index contributed by atoms with van der Waals surface area (Å²) in [6.45, 7) is 4.11. The van der Waals surface area contributed by atoms with Crippen molar-refractivity contribution in [2.24, 2.45) is 0 Å². The summed E-state index contributed by atoms with van der Waals surface area (Å²) in [5.41, 5.74) is 2.46. The molecule has 0 aliphatic rings. The smallest absolute Gasteiger partial charge is 0.407 e. The van der Waals surface area contributed by atoms with E-state index in [0.29, 0.717) is 30.2 Å². The lowest BCUT2D eigenvalue weighted by Crippen LogP contribution is -2.28. The van der Waals surface area contributed by atoms with Crippen LogP contribution in [0.5, 0.6) is 5.75 Å². The molecule has 1 N–H and O–H groups in total. The van der Waals surface area contributed by atoms with E-state index in [9.17, 15) is 9.59 Å². The monoisotopic (exact) mass is 452 g/mol. The van der Waals surface area contributed by atoms with E-state index in [-0.39, 0.29) is 13.2 Å². The second-order valence-electron chi connectivity index (χ2n) is 7.31. The highest BCUT2D eigenvalue weighted by Crippen LogP contribution is 2.21. The Labute approximate surface area is 192 Å². The molecule has 1 aromatic heterocycles. The number of aryl methyl sites for hydroxylation is 1. The van der Waals surface area contributed by atoms with E-state index in [0.717, 1.165) is 16.8 Å². The van der Waals surface area contributed by atoms with Crippen molar-refractivity contribution in [3.05, 3.63) is 71.6 Å². The van der Waals surface area contributed by atoms with Crippen LogP contribution in [-0.4, -0.2) is 36.9 Å². The molecule has 0 saturated heterocycles. The maximum Gasteiger partial charge on any atom is 0.407 e. The average molecular weight is 453 g/mol. The van der Waals surface area contributed by atoms with Gasteiger partial charge in [0.2, 0.25) is 5.89 Å². The maximum atomic E-state index is 12.1. The second kappa shape index (κ2) is 11.7. The molecule has 33 heavy (non-hydrogen) atoms. The van der Waals surface area contributed by atoms with Gasteiger partial charge in [-0.1, -0.05) is 37.3 Å². The number of aromatic nitrogens is 1. The molecule has 0 saturated carbocycles. The molecule has 3 rings (SSSR count). The average Bonchev–Trinajstić information content (AvgIpc) is 3.22. The number of amides is 1. The number of nitrogens with one attached hydrogen (secondary N) is 1. The Balaban J connectivity index is 1.46. The molecule has 8 nitrogen and oxygen atoms in total. The van der Waals surface area contributed by atoms with Crippen molar-refractivity contribution in [2.75, 3.05) is 13.7 Å². The van der Waals surface area contributed by atoms with Crippen LogP contribution in [0.2, 0.25) is 0 Å². The Morgan fingerprint density at radius 2 is 1.91 bits per heavy atom. The van der Waals surface area contributed by atoms with Crippen molar-refractivity contribution < 1.29 is 28.2 Å². The normalized spacial score (nSPS) is 11.5. The zero-order valence-electron chi connectivity index (χ0n) is 19.0. The number of hydrogen-bond acceptors (Lipinski definition) is 7. The Kier molecular flexibility index (Phi) is 8.46. The van der Waals surface area contributed by atoms with Gasteiger partial charge in [-0.25, -0.2) is 14.6 Å². The van der Waals surface area contributed by atoms with Gasteiger partial charge < -0.3 is 23.9 Å². The number of alkyl carbamates (subject to hydrolysis) is 1. The zero-order valence-corrected chi connectivity index (χ0v) is 19.0. The van der Waals surface area contributed by atoms with E-state index in [1.165, 1.54) is 7.11 Å². The first kappa shape index (κ1) is 23.8. The van der Waals surface area contributed by atoms with Crippen LogP contribution in [0.15, 0.2) is 59.0 Å². The minimum absolute atomic E-state index is 0.175. The quantitative estimate of drug-likeness (QED) is 0.454. The fraction of sp³-hybridized carbons (Fsp3) is 0.320. The summed E-state index contributed by atoms with van der Waals surface area (Å²) in [5, 5.41) is 2.71. The van der Waals surface area contributed by atoms with Gasteiger partial charge in [0.05, 0.1) is 19.4 Å². The van der Waals surface area contributed by atoms with Gasteiger partial charge in [0.1, 0.15) is 11.5 Å². The van der Waals surface area contributed by atoms with Crippen molar-refractivity contribution in [1.29, 1.82) is 0 Å². The molecule has 0 spiro atoms. The van der Waals surface area contributed by atoms with Gasteiger partial charge in [0.25, 0.3) is 0 Å². The van der Waals surface area contributed by atoms with Gasteiger partial charge in [0, 0.05) is 18.5 Å². The number of esters is 1. The highest BCUT2D eigenvalue weighted by Gasteiger charge is 2.19. The number of ether oxygens (including phenoxy) is 3. The van der Waals surface area contributed by atoms with Crippen LogP contribution in [0.3, 0.4) is 0 Å². The third-order valence-electron chi connectivity index (χ3n) is 4.93. The molecule has 8 heteroatoms. The summed E-state index contributed by atoms with van der Waals surface area (Å²) in [6.07, 6.45) is -0.276. The van der Waals surface area contributed by atoms with Crippen molar-refractivity contribution in [1.82, 2.24) is 10.3 Å². The zero-order chi connectivity index (χ0) is 23.6. The van der Waals surface area contributed by atoms with E-state index in [2.05, 4.69) is 10.3 Å². The molecular formula is C25H28N2O6. The Hall–Kier alpha value is -3.81. The summed E-state index contributed by atoms with van der Waals surface area (Å²) in [4.78, 5) is 28.3. The van der Waals surface area contributed by atoms with Crippen LogP contribution in [-0.2, 0) is 27.2 Å². The first-order chi connectivity index (χ1) is 16.0. The summed E-state index contributed by atoms with van der Waals surface area (Å²) >= 11 is 0. The second-order valence-corrected chi connectivity index (χ2v) is 7.31. The predicted molar refractivity (Wildman–Crippen MR) is 122 cm³/mol. The third-order valence-corrected chi connectivity index (χ3v) is 4.93. The van der Waals surface area contributed by atoms with Gasteiger partial charge in [-0.3, -0.25) is 0 Å². The summed E-state index contributed by atoms with van der Waals surface area (Å²) < 4.78 is 21.4. The number of nitrogens with zero attached hydrogens (tertiary/aromatic N) is 1. The van der Waals surface area contributed by atoms with Crippen LogP contribution in [0, 0.1) is 6.92 Å². The molecule has 3 aromatic rings. The molecule has 0 aliphatic heterocycles. The highest BCUT2D eigenvalue weighted by atomic mass is 16.6. The summed E-state index contributed by atoms with van der Waals surface area (Å²) in [7, 11) is 1.33. The Bertz CT molecular complexity index is 1060. The summed E-state index contributed by atoms with van der Waals surface area (Å²) in [6, 6.07) is 16.8. The first-order valence-electron chi connectivity index (χ1n) is 10.8. The minimum Gasteiger partial charge on any atom is -0.479 e. The van der Waals surface area contributed by atoms with Gasteiger partial charge in [-0.15, -0.1) is 0 Å². The van der Waals surface area contributed by atoms with Crippen LogP contribution in [0.25, 0.3) is 11.5 Å². The maximum absolute atomic E-state index is 12.1. The van der Waals surface area contributed by atoms with Gasteiger partial charge in [-0.2, -0.15) is 0 Å². The Morgan fingerprint density at radius 1 is 1.12 bits per heavy atom. The first-order valence-corrected chi connectivity index (χ1v) is 10.8. The highest BCUT2D eigenvalue weighted by molar-refractivity contribution is 5.74. The lowest BCUT2D eigenvalue weighted by Gasteiger charge is -2.15. The largest absolute Gasteiger partial charge is 0.479 e. The molecule has 0 aliphatic carbocycles. The molecule has 1 amide bonds. The van der Waals surface area contributed by atoms with Crippen LogP contribution in [0.4, 0.5) is 4.79 Å². The fourth-order valence-electron chi connectivity index (χ4n) is 3.15. The van der Waals surface area contributed by atoms with Crippen molar-refractivity contribution >= 4 is 12.1 Å². The van der Waals surface area contributed by atoms with Crippen molar-refractivity contribution in [3.63, 3.8) is 0 Å². The number of methoxy groups -OCH3 is 1. The number of carbonyl (C=O) groups is 2. The van der Waals surface area contributed by atoms with Crippen LogP contribution >= 0.6 is 0 Å². The molecular weight excluding hydrogens is 424 g/mol. The van der Waals surface area contributed by atoms with E-state index in [4.69, 9.17) is 18.6 Å². The number of benzene rings is 2. The van der Waals surface area contributed by atoms with Crippen LogP contribution in [0.1, 0.15) is 30.4 Å². The Morgan fingerprint density at radius 3 is 2.64 bits per heavy atom. The predicted octanol–water partition coefficient (Wildman–Crippen LogP) is 4.45. The fourth-order valence-corrected chi connectivity index (χ4v) is 3.15. The molecule has 174 valence electrons. The number of rotatable bonds is 10. The molecule has 1 atom stereocenters. The standard InChI is InChI=1S/C25H28N2O6/c1-4-22(24(28)30-3)33-20-12-8-9-18(15-20)16-26-25(29)31-14-13-21-17(2)32-23(27-21)19-10-6-5-7-11-19/h5-12,15,22H,4,13-14,16H2,1-3H3,(H,26,29). The van der Waals surface area contributed by atoms with Gasteiger partial charge in [0.15, 0.2) is 6.10 Å². The molecule has 0 bridgehead atoms. The van der Waals surface area contributed by atoms with E-state index in [1.54, 1.807) is 18.2 Å². The minimum atomic E-state index is -0.675. The molecule has 0 fully saturated rings. The van der Waals surface area contributed by atoms with E-state index >= 15 is 0 Å². The van der Waals surface area contributed by atoms with Crippen molar-refractivity contribution in [3.8, 4) is 17.2 Å². The number of oxazole rings is 1. The lowest BCUT2D eigenvalue weighted by molar-refractivity contribution is -0.148.